The molecular formula is C27H28BrN3O4. The lowest BCUT2D eigenvalue weighted by Crippen LogP contribution is -2.21. The predicted octanol–water partition coefficient (Wildman–Crippen LogP) is 5.55. The van der Waals surface area contributed by atoms with Gasteiger partial charge in [-0.25, -0.2) is 5.43 Å². The van der Waals surface area contributed by atoms with Crippen LogP contribution in [0.4, 0.5) is 5.69 Å². The summed E-state index contributed by atoms with van der Waals surface area (Å²) in [7, 11) is 0. The molecule has 0 aliphatic carbocycles. The Morgan fingerprint density at radius 3 is 2.40 bits per heavy atom. The van der Waals surface area contributed by atoms with Gasteiger partial charge >= 0.3 is 0 Å². The Morgan fingerprint density at radius 1 is 0.971 bits per heavy atom. The zero-order valence-electron chi connectivity index (χ0n) is 20.1. The molecule has 0 saturated heterocycles. The molecule has 0 aromatic heterocycles. The minimum Gasteiger partial charge on any atom is -0.490 e. The normalized spacial score (nSPS) is 10.8. The molecule has 0 atom stereocenters. The van der Waals surface area contributed by atoms with E-state index in [0.29, 0.717) is 33.7 Å². The molecule has 0 unspecified atom stereocenters. The van der Waals surface area contributed by atoms with E-state index in [0.717, 1.165) is 22.4 Å². The summed E-state index contributed by atoms with van der Waals surface area (Å²) < 4.78 is 12.1. The van der Waals surface area contributed by atoms with E-state index in [1.165, 1.54) is 6.21 Å². The smallest absolute Gasteiger partial charge is 0.271 e. The molecule has 7 nitrogen and oxygen atoms in total. The number of hydrazone groups is 1. The molecule has 0 heterocycles. The van der Waals surface area contributed by atoms with E-state index in [9.17, 15) is 9.59 Å². The van der Waals surface area contributed by atoms with E-state index in [4.69, 9.17) is 9.47 Å². The molecule has 3 aromatic rings. The van der Waals surface area contributed by atoms with Gasteiger partial charge in [-0.2, -0.15) is 5.10 Å². The van der Waals surface area contributed by atoms with Gasteiger partial charge in [0.15, 0.2) is 18.1 Å². The average Bonchev–Trinajstić information content (AvgIpc) is 2.81. The van der Waals surface area contributed by atoms with Crippen molar-refractivity contribution in [1.29, 1.82) is 0 Å². The van der Waals surface area contributed by atoms with Crippen LogP contribution in [-0.4, -0.2) is 31.2 Å². The first-order valence-corrected chi connectivity index (χ1v) is 11.9. The maximum atomic E-state index is 12.5. The zero-order chi connectivity index (χ0) is 25.4. The highest BCUT2D eigenvalue weighted by Crippen LogP contribution is 2.36. The van der Waals surface area contributed by atoms with Gasteiger partial charge in [-0.05, 0) is 90.6 Å². The van der Waals surface area contributed by atoms with Crippen molar-refractivity contribution >= 4 is 39.6 Å². The van der Waals surface area contributed by atoms with Crippen molar-refractivity contribution in [3.63, 3.8) is 0 Å². The number of nitrogens with one attached hydrogen (secondary N) is 2. The fourth-order valence-corrected chi connectivity index (χ4v) is 3.77. The van der Waals surface area contributed by atoms with Gasteiger partial charge in [-0.15, -0.1) is 0 Å². The van der Waals surface area contributed by atoms with Crippen LogP contribution in [0, 0.1) is 20.8 Å². The van der Waals surface area contributed by atoms with Crippen molar-refractivity contribution in [2.75, 3.05) is 18.5 Å². The number of hydrogen-bond acceptors (Lipinski definition) is 5. The molecule has 0 bridgehead atoms. The number of nitrogens with zero attached hydrogens (tertiary/aromatic N) is 1. The lowest BCUT2D eigenvalue weighted by Gasteiger charge is -2.15. The molecule has 0 radical (unpaired) electrons. The lowest BCUT2D eigenvalue weighted by atomic mass is 10.1. The average molecular weight is 538 g/mol. The quantitative estimate of drug-likeness (QED) is 0.276. The fraction of sp³-hybridized carbons (Fsp3) is 0.222. The van der Waals surface area contributed by atoms with Crippen molar-refractivity contribution in [1.82, 2.24) is 5.43 Å². The number of amides is 2. The van der Waals surface area contributed by atoms with Crippen molar-refractivity contribution in [2.24, 2.45) is 5.10 Å². The van der Waals surface area contributed by atoms with Crippen LogP contribution in [0.1, 0.15) is 39.5 Å². The summed E-state index contributed by atoms with van der Waals surface area (Å²) >= 11 is 3.48. The van der Waals surface area contributed by atoms with E-state index < -0.39 is 0 Å². The standard InChI is InChI=1S/C27H28BrN3O4/c1-5-34-24-14-20(15-29-31-27(33)21-10-7-17(2)8-11-21)13-22(28)26(24)35-16-25(32)30-23-12-18(3)6-9-19(23)4/h6-15H,5,16H2,1-4H3,(H,30,32)(H,31,33)/b29-15+. The van der Waals surface area contributed by atoms with Crippen LogP contribution >= 0.6 is 15.9 Å². The molecule has 2 amide bonds. The Bertz CT molecular complexity index is 1240. The minimum absolute atomic E-state index is 0.188. The Morgan fingerprint density at radius 2 is 1.69 bits per heavy atom. The van der Waals surface area contributed by atoms with Crippen LogP contribution in [0.25, 0.3) is 0 Å². The van der Waals surface area contributed by atoms with Gasteiger partial charge in [-0.3, -0.25) is 9.59 Å². The van der Waals surface area contributed by atoms with Gasteiger partial charge < -0.3 is 14.8 Å². The third-order valence-electron chi connectivity index (χ3n) is 5.04. The Kier molecular flexibility index (Phi) is 9.03. The van der Waals surface area contributed by atoms with Crippen molar-refractivity contribution in [3.05, 3.63) is 86.9 Å². The fourth-order valence-electron chi connectivity index (χ4n) is 3.19. The Balaban J connectivity index is 1.67. The van der Waals surface area contributed by atoms with Crippen LogP contribution in [0.5, 0.6) is 11.5 Å². The third-order valence-corrected chi connectivity index (χ3v) is 5.63. The molecule has 3 aromatic carbocycles. The summed E-state index contributed by atoms with van der Waals surface area (Å²) in [5, 5.41) is 6.92. The number of aryl methyl sites for hydroxylation is 3. The van der Waals surface area contributed by atoms with Crippen LogP contribution in [0.3, 0.4) is 0 Å². The summed E-state index contributed by atoms with van der Waals surface area (Å²) in [6.07, 6.45) is 1.51. The highest BCUT2D eigenvalue weighted by Gasteiger charge is 2.14. The number of anilines is 1. The second-order valence-electron chi connectivity index (χ2n) is 7.98. The van der Waals surface area contributed by atoms with E-state index >= 15 is 0 Å². The van der Waals surface area contributed by atoms with Crippen molar-refractivity contribution in [3.8, 4) is 11.5 Å². The number of ether oxygens (including phenoxy) is 2. The number of carbonyl (C=O) groups is 2. The predicted molar refractivity (Wildman–Crippen MR) is 142 cm³/mol. The highest BCUT2D eigenvalue weighted by atomic mass is 79.9. The van der Waals surface area contributed by atoms with E-state index in [1.54, 1.807) is 24.3 Å². The third kappa shape index (κ3) is 7.42. The number of carbonyl (C=O) groups excluding carboxylic acids is 2. The van der Waals surface area contributed by atoms with Gasteiger partial charge in [0.1, 0.15) is 0 Å². The largest absolute Gasteiger partial charge is 0.490 e. The molecule has 182 valence electrons. The SMILES string of the molecule is CCOc1cc(/C=N/NC(=O)c2ccc(C)cc2)cc(Br)c1OCC(=O)Nc1cc(C)ccc1C. The second-order valence-corrected chi connectivity index (χ2v) is 8.84. The maximum absolute atomic E-state index is 12.5. The maximum Gasteiger partial charge on any atom is 0.271 e. The Labute approximate surface area is 213 Å². The molecule has 0 saturated carbocycles. The second kappa shape index (κ2) is 12.2. The summed E-state index contributed by atoms with van der Waals surface area (Å²) in [5.74, 6) is 0.272. The van der Waals surface area contributed by atoms with Crippen LogP contribution in [0.15, 0.2) is 64.2 Å². The molecule has 8 heteroatoms. The van der Waals surface area contributed by atoms with Gasteiger partial charge in [0.05, 0.1) is 17.3 Å². The monoisotopic (exact) mass is 537 g/mol. The molecule has 3 rings (SSSR count). The highest BCUT2D eigenvalue weighted by molar-refractivity contribution is 9.10. The van der Waals surface area contributed by atoms with Crippen LogP contribution in [-0.2, 0) is 4.79 Å². The first-order chi connectivity index (χ1) is 16.8. The van der Waals surface area contributed by atoms with Gasteiger partial charge in [0, 0.05) is 11.3 Å². The zero-order valence-corrected chi connectivity index (χ0v) is 21.7. The summed E-state index contributed by atoms with van der Waals surface area (Å²) in [4.78, 5) is 24.7. The topological polar surface area (TPSA) is 89.0 Å². The Hall–Kier alpha value is -3.65. The summed E-state index contributed by atoms with van der Waals surface area (Å²) in [6, 6.07) is 16.6. The minimum atomic E-state index is -0.305. The lowest BCUT2D eigenvalue weighted by molar-refractivity contribution is -0.118. The summed E-state index contributed by atoms with van der Waals surface area (Å²) in [6.45, 7) is 7.93. The molecule has 2 N–H and O–H groups in total. The van der Waals surface area contributed by atoms with Gasteiger partial charge in [0.2, 0.25) is 0 Å². The molecular weight excluding hydrogens is 510 g/mol. The van der Waals surface area contributed by atoms with Crippen molar-refractivity contribution < 1.29 is 19.1 Å². The molecule has 0 aliphatic rings. The van der Waals surface area contributed by atoms with E-state index in [2.05, 4.69) is 31.8 Å². The summed E-state index contributed by atoms with van der Waals surface area (Å²) in [5.41, 5.74) is 7.56. The molecule has 0 aliphatic heterocycles. The van der Waals surface area contributed by atoms with E-state index in [-0.39, 0.29) is 18.4 Å². The van der Waals surface area contributed by atoms with Crippen LogP contribution < -0.4 is 20.2 Å². The first-order valence-electron chi connectivity index (χ1n) is 11.1. The number of halogens is 1. The van der Waals surface area contributed by atoms with E-state index in [1.807, 2.05) is 58.0 Å². The molecule has 35 heavy (non-hydrogen) atoms. The first kappa shape index (κ1) is 26.0. The molecule has 0 fully saturated rings. The number of benzene rings is 3. The number of hydrogen-bond donors (Lipinski definition) is 2. The van der Waals surface area contributed by atoms with Gasteiger partial charge in [0.25, 0.3) is 11.8 Å². The molecule has 0 spiro atoms. The van der Waals surface area contributed by atoms with Crippen molar-refractivity contribution in [2.45, 2.75) is 27.7 Å². The number of rotatable bonds is 9. The van der Waals surface area contributed by atoms with Crippen LogP contribution in [0.2, 0.25) is 0 Å². The van der Waals surface area contributed by atoms with Gasteiger partial charge in [-0.1, -0.05) is 29.8 Å².